The van der Waals surface area contributed by atoms with Gasteiger partial charge in [0.1, 0.15) is 6.61 Å². The molecule has 0 radical (unpaired) electrons. The fourth-order valence-corrected chi connectivity index (χ4v) is 2.31. The maximum atomic E-state index is 11.9. The van der Waals surface area contributed by atoms with Crippen molar-refractivity contribution in [3.8, 4) is 0 Å². The summed E-state index contributed by atoms with van der Waals surface area (Å²) < 4.78 is 5.19. The zero-order chi connectivity index (χ0) is 15.3. The van der Waals surface area contributed by atoms with E-state index in [4.69, 9.17) is 10.1 Å². The molecule has 0 saturated heterocycles. The maximum Gasteiger partial charge on any atom is 0.408 e. The van der Waals surface area contributed by atoms with E-state index >= 15 is 0 Å². The first kappa shape index (κ1) is 15.5. The second-order valence-corrected chi connectivity index (χ2v) is 5.80. The van der Waals surface area contributed by atoms with Gasteiger partial charge in [0.15, 0.2) is 0 Å². The summed E-state index contributed by atoms with van der Waals surface area (Å²) in [5, 5.41) is 19.8. The Labute approximate surface area is 124 Å². The Morgan fingerprint density at radius 3 is 2.67 bits per heavy atom. The zero-order valence-electron chi connectivity index (χ0n) is 12.3. The highest BCUT2D eigenvalue weighted by Crippen LogP contribution is 2.37. The van der Waals surface area contributed by atoms with Crippen LogP contribution in [0.4, 0.5) is 4.79 Å². The standard InChI is InChI=1S/C16H22N2O3/c1-16(14(17)10-19,9-12-7-8-12)18-15(20)21-11-13-5-3-2-4-6-13/h2-6,12,17,19H,7-11H2,1H3,(H,18,20). The van der Waals surface area contributed by atoms with E-state index in [-0.39, 0.29) is 18.9 Å². The Morgan fingerprint density at radius 2 is 2.10 bits per heavy atom. The third kappa shape index (κ3) is 4.56. The highest BCUT2D eigenvalue weighted by molar-refractivity contribution is 5.94. The molecule has 1 aromatic rings. The van der Waals surface area contributed by atoms with Gasteiger partial charge < -0.3 is 20.6 Å². The van der Waals surface area contributed by atoms with Gasteiger partial charge in [-0.15, -0.1) is 0 Å². The molecule has 0 spiro atoms. The van der Waals surface area contributed by atoms with Crippen LogP contribution >= 0.6 is 0 Å². The molecule has 114 valence electrons. The molecule has 0 aromatic heterocycles. The molecule has 3 N–H and O–H groups in total. The number of amides is 1. The first-order valence-corrected chi connectivity index (χ1v) is 7.21. The molecule has 2 rings (SSSR count). The van der Waals surface area contributed by atoms with Crippen LogP contribution in [0.25, 0.3) is 0 Å². The molecule has 1 atom stereocenters. The van der Waals surface area contributed by atoms with Crippen molar-refractivity contribution >= 4 is 11.8 Å². The summed E-state index contributed by atoms with van der Waals surface area (Å²) >= 11 is 0. The lowest BCUT2D eigenvalue weighted by atomic mass is 9.89. The summed E-state index contributed by atoms with van der Waals surface area (Å²) in [6.07, 6.45) is 2.36. The van der Waals surface area contributed by atoms with E-state index in [1.807, 2.05) is 30.3 Å². The highest BCUT2D eigenvalue weighted by atomic mass is 16.5. The minimum Gasteiger partial charge on any atom is -0.445 e. The molecular weight excluding hydrogens is 268 g/mol. The van der Waals surface area contributed by atoms with E-state index in [0.29, 0.717) is 12.3 Å². The van der Waals surface area contributed by atoms with E-state index in [1.165, 1.54) is 0 Å². The largest absolute Gasteiger partial charge is 0.445 e. The first-order chi connectivity index (χ1) is 10.0. The molecule has 0 aliphatic heterocycles. The molecular formula is C16H22N2O3. The molecule has 1 saturated carbocycles. The van der Waals surface area contributed by atoms with Gasteiger partial charge in [-0.1, -0.05) is 43.2 Å². The number of carbonyl (C=O) groups excluding carboxylic acids is 1. The van der Waals surface area contributed by atoms with E-state index < -0.39 is 11.6 Å². The number of benzene rings is 1. The van der Waals surface area contributed by atoms with Gasteiger partial charge in [-0.05, 0) is 24.8 Å². The number of ether oxygens (including phenoxy) is 1. The van der Waals surface area contributed by atoms with Gasteiger partial charge >= 0.3 is 6.09 Å². The van der Waals surface area contributed by atoms with Crippen LogP contribution in [0, 0.1) is 11.3 Å². The summed E-state index contributed by atoms with van der Waals surface area (Å²) in [4.78, 5) is 11.9. The molecule has 5 heteroatoms. The molecule has 1 aliphatic rings. The molecule has 1 fully saturated rings. The topological polar surface area (TPSA) is 82.4 Å². The van der Waals surface area contributed by atoms with Crippen molar-refractivity contribution in [1.82, 2.24) is 5.32 Å². The number of nitrogens with one attached hydrogen (secondary N) is 2. The Balaban J connectivity index is 1.89. The van der Waals surface area contributed by atoms with E-state index in [0.717, 1.165) is 18.4 Å². The molecule has 1 aromatic carbocycles. The Kier molecular flexibility index (Phi) is 4.96. The SMILES string of the molecule is CC(CC1CC1)(NC(=O)OCc1ccccc1)C(=N)CO. The second kappa shape index (κ2) is 6.72. The van der Waals surface area contributed by atoms with Crippen molar-refractivity contribution in [2.75, 3.05) is 6.61 Å². The van der Waals surface area contributed by atoms with Crippen molar-refractivity contribution < 1.29 is 14.6 Å². The predicted molar refractivity (Wildman–Crippen MR) is 80.3 cm³/mol. The highest BCUT2D eigenvalue weighted by Gasteiger charge is 2.38. The predicted octanol–water partition coefficient (Wildman–Crippen LogP) is 2.48. The van der Waals surface area contributed by atoms with Gasteiger partial charge in [0.2, 0.25) is 0 Å². The van der Waals surface area contributed by atoms with Crippen LogP contribution in [-0.2, 0) is 11.3 Å². The van der Waals surface area contributed by atoms with Crippen LogP contribution in [0.2, 0.25) is 0 Å². The van der Waals surface area contributed by atoms with Gasteiger partial charge in [0.25, 0.3) is 0 Å². The number of hydrogen-bond acceptors (Lipinski definition) is 4. The molecule has 21 heavy (non-hydrogen) atoms. The van der Waals surface area contributed by atoms with Gasteiger partial charge in [-0.3, -0.25) is 0 Å². The molecule has 1 amide bonds. The maximum absolute atomic E-state index is 11.9. The van der Waals surface area contributed by atoms with Crippen molar-refractivity contribution in [2.24, 2.45) is 5.92 Å². The molecule has 0 bridgehead atoms. The second-order valence-electron chi connectivity index (χ2n) is 5.80. The summed E-state index contributed by atoms with van der Waals surface area (Å²) in [6, 6.07) is 9.43. The number of aliphatic hydroxyl groups is 1. The van der Waals surface area contributed by atoms with Crippen LogP contribution in [0.1, 0.15) is 31.7 Å². The zero-order valence-corrected chi connectivity index (χ0v) is 12.3. The fourth-order valence-electron chi connectivity index (χ4n) is 2.31. The van der Waals surface area contributed by atoms with Crippen molar-refractivity contribution in [2.45, 2.75) is 38.3 Å². The van der Waals surface area contributed by atoms with Gasteiger partial charge in [-0.25, -0.2) is 4.79 Å². The molecule has 0 heterocycles. The third-order valence-electron chi connectivity index (χ3n) is 3.81. The Hall–Kier alpha value is -1.88. The van der Waals surface area contributed by atoms with Gasteiger partial charge in [0.05, 0.1) is 17.9 Å². The summed E-state index contributed by atoms with van der Waals surface area (Å²) in [5.74, 6) is 0.524. The van der Waals surface area contributed by atoms with Crippen LogP contribution < -0.4 is 5.32 Å². The monoisotopic (exact) mass is 290 g/mol. The Morgan fingerprint density at radius 1 is 1.43 bits per heavy atom. The lowest BCUT2D eigenvalue weighted by Crippen LogP contribution is -2.53. The van der Waals surface area contributed by atoms with Crippen LogP contribution in [0.15, 0.2) is 30.3 Å². The molecule has 1 aliphatic carbocycles. The smallest absolute Gasteiger partial charge is 0.408 e. The fraction of sp³-hybridized carbons (Fsp3) is 0.500. The third-order valence-corrected chi connectivity index (χ3v) is 3.81. The average Bonchev–Trinajstić information content (AvgIpc) is 3.29. The van der Waals surface area contributed by atoms with E-state index in [9.17, 15) is 9.90 Å². The van der Waals surface area contributed by atoms with Crippen LogP contribution in [0.5, 0.6) is 0 Å². The minimum absolute atomic E-state index is 0.117. The normalized spacial score (nSPS) is 16.9. The summed E-state index contributed by atoms with van der Waals surface area (Å²) in [5.41, 5.74) is 0.198. The average molecular weight is 290 g/mol. The number of alkyl carbamates (subject to hydrolysis) is 1. The van der Waals surface area contributed by atoms with Crippen LogP contribution in [0.3, 0.4) is 0 Å². The number of aliphatic hydroxyl groups excluding tert-OH is 1. The molecule has 1 unspecified atom stereocenters. The lowest BCUT2D eigenvalue weighted by molar-refractivity contribution is 0.131. The lowest BCUT2D eigenvalue weighted by Gasteiger charge is -2.30. The molecule has 5 nitrogen and oxygen atoms in total. The van der Waals surface area contributed by atoms with Crippen molar-refractivity contribution in [3.63, 3.8) is 0 Å². The van der Waals surface area contributed by atoms with Crippen molar-refractivity contribution in [3.05, 3.63) is 35.9 Å². The van der Waals surface area contributed by atoms with Crippen molar-refractivity contribution in [1.29, 1.82) is 5.41 Å². The minimum atomic E-state index is -0.830. The Bertz CT molecular complexity index is 500. The van der Waals surface area contributed by atoms with E-state index in [2.05, 4.69) is 5.32 Å². The quantitative estimate of drug-likeness (QED) is 0.675. The van der Waals surface area contributed by atoms with Gasteiger partial charge in [0, 0.05) is 0 Å². The number of carbonyl (C=O) groups is 1. The first-order valence-electron chi connectivity index (χ1n) is 7.21. The van der Waals surface area contributed by atoms with E-state index in [1.54, 1.807) is 6.92 Å². The summed E-state index contributed by atoms with van der Waals surface area (Å²) in [7, 11) is 0. The summed E-state index contributed by atoms with van der Waals surface area (Å²) in [6.45, 7) is 1.61. The number of rotatable bonds is 7. The van der Waals surface area contributed by atoms with Crippen LogP contribution in [-0.4, -0.2) is 29.1 Å². The number of hydrogen-bond donors (Lipinski definition) is 3. The van der Waals surface area contributed by atoms with Gasteiger partial charge in [-0.2, -0.15) is 0 Å².